The smallest absolute Gasteiger partial charge is 0.227 e. The van der Waals surface area contributed by atoms with Crippen LogP contribution in [-0.2, 0) is 0 Å². The summed E-state index contributed by atoms with van der Waals surface area (Å²) in [5.41, 5.74) is 2.23. The number of nitrogens with zero attached hydrogens (tertiary/aromatic N) is 1. The van der Waals surface area contributed by atoms with Gasteiger partial charge < -0.3 is 9.58 Å². The molecule has 0 aliphatic rings. The van der Waals surface area contributed by atoms with Gasteiger partial charge in [0, 0.05) is 20.3 Å². The highest BCUT2D eigenvalue weighted by Crippen LogP contribution is 2.20. The highest BCUT2D eigenvalue weighted by atomic mass is 16.5. The van der Waals surface area contributed by atoms with Crippen LogP contribution in [0.5, 0.6) is 5.75 Å². The van der Waals surface area contributed by atoms with Crippen LogP contribution in [0.2, 0.25) is 0 Å². The van der Waals surface area contributed by atoms with Crippen LogP contribution < -0.4 is 4.74 Å². The molecule has 2 heteroatoms. The molecule has 0 fully saturated rings. The maximum Gasteiger partial charge on any atom is 0.227 e. The molecule has 0 aliphatic carbocycles. The Hall–Kier alpha value is -1.49. The molecule has 0 aliphatic heterocycles. The van der Waals surface area contributed by atoms with Crippen molar-refractivity contribution in [3.05, 3.63) is 40.7 Å². The van der Waals surface area contributed by atoms with E-state index in [1.807, 2.05) is 13.8 Å². The summed E-state index contributed by atoms with van der Waals surface area (Å²) in [5, 5.41) is 0. The van der Waals surface area contributed by atoms with Crippen LogP contribution >= 0.6 is 0 Å². The Morgan fingerprint density at radius 1 is 1.16 bits per heavy atom. The van der Waals surface area contributed by atoms with E-state index in [4.69, 9.17) is 11.3 Å². The van der Waals surface area contributed by atoms with Crippen molar-refractivity contribution >= 4 is 0 Å². The fraction of sp³-hybridized carbons (Fsp3) is 0.588. The number of ether oxygens (including phenoxy) is 1. The van der Waals surface area contributed by atoms with E-state index in [9.17, 15) is 0 Å². The van der Waals surface area contributed by atoms with Crippen LogP contribution in [-0.4, -0.2) is 12.1 Å². The lowest BCUT2D eigenvalue weighted by molar-refractivity contribution is 0.301. The van der Waals surface area contributed by atoms with Crippen LogP contribution in [0.1, 0.15) is 50.7 Å². The van der Waals surface area contributed by atoms with Gasteiger partial charge in [0.25, 0.3) is 0 Å². The van der Waals surface area contributed by atoms with Gasteiger partial charge in [-0.15, -0.1) is 0 Å². The Labute approximate surface area is 117 Å². The molecule has 1 rings (SSSR count). The van der Waals surface area contributed by atoms with Crippen molar-refractivity contribution in [1.29, 1.82) is 0 Å². The number of rotatable bonds is 7. The molecule has 19 heavy (non-hydrogen) atoms. The van der Waals surface area contributed by atoms with Crippen molar-refractivity contribution in [1.82, 2.24) is 0 Å². The highest BCUT2D eigenvalue weighted by molar-refractivity contribution is 5.35. The second kappa shape index (κ2) is 7.19. The zero-order valence-electron chi connectivity index (χ0n) is 12.6. The first kappa shape index (κ1) is 15.6. The fourth-order valence-corrected chi connectivity index (χ4v) is 1.94. The van der Waals surface area contributed by atoms with Gasteiger partial charge in [-0.2, -0.15) is 0 Å². The van der Waals surface area contributed by atoms with Gasteiger partial charge in [0.05, 0.1) is 6.61 Å². The third kappa shape index (κ3) is 5.79. The monoisotopic (exact) mass is 259 g/mol. The molecule has 0 saturated heterocycles. The van der Waals surface area contributed by atoms with Gasteiger partial charge in [0.2, 0.25) is 5.54 Å². The molecule has 0 amide bonds. The zero-order chi connectivity index (χ0) is 14.3. The molecule has 0 heterocycles. The average molecular weight is 259 g/mol. The maximum absolute atomic E-state index is 7.08. The summed E-state index contributed by atoms with van der Waals surface area (Å²) in [6.07, 6.45) is 4.26. The number of hydrogen-bond acceptors (Lipinski definition) is 1. The van der Waals surface area contributed by atoms with Gasteiger partial charge in [-0.3, -0.25) is 0 Å². The van der Waals surface area contributed by atoms with E-state index < -0.39 is 0 Å². The average Bonchev–Trinajstić information content (AvgIpc) is 2.37. The molecule has 0 spiro atoms. The molecule has 0 atom stereocenters. The SMILES string of the molecule is [C-]#[N+]C(C)(C)CCCCCOc1cc(C)ccc1C. The second-order valence-electron chi connectivity index (χ2n) is 5.85. The lowest BCUT2D eigenvalue weighted by atomic mass is 9.98. The Kier molecular flexibility index (Phi) is 5.89. The molecule has 0 unspecified atom stereocenters. The van der Waals surface area contributed by atoms with E-state index >= 15 is 0 Å². The third-order valence-electron chi connectivity index (χ3n) is 3.34. The van der Waals surface area contributed by atoms with E-state index in [1.54, 1.807) is 0 Å². The van der Waals surface area contributed by atoms with Crippen molar-refractivity contribution < 1.29 is 4.74 Å². The minimum atomic E-state index is -0.200. The molecule has 104 valence electrons. The molecule has 0 radical (unpaired) electrons. The molecule has 0 N–H and O–H groups in total. The number of hydrogen-bond donors (Lipinski definition) is 0. The predicted molar refractivity (Wildman–Crippen MR) is 80.6 cm³/mol. The summed E-state index contributed by atoms with van der Waals surface area (Å²) < 4.78 is 5.82. The van der Waals surface area contributed by atoms with Crippen molar-refractivity contribution in [2.24, 2.45) is 0 Å². The summed E-state index contributed by atoms with van der Waals surface area (Å²) >= 11 is 0. The van der Waals surface area contributed by atoms with Gasteiger partial charge in [0.1, 0.15) is 5.75 Å². The van der Waals surface area contributed by atoms with E-state index in [0.717, 1.165) is 38.0 Å². The Morgan fingerprint density at radius 3 is 2.58 bits per heavy atom. The largest absolute Gasteiger partial charge is 0.493 e. The first-order chi connectivity index (χ1) is 8.94. The van der Waals surface area contributed by atoms with Gasteiger partial charge in [-0.25, -0.2) is 6.57 Å². The van der Waals surface area contributed by atoms with Crippen LogP contribution in [0.3, 0.4) is 0 Å². The summed E-state index contributed by atoms with van der Waals surface area (Å²) in [7, 11) is 0. The van der Waals surface area contributed by atoms with Crippen molar-refractivity contribution in [3.63, 3.8) is 0 Å². The fourth-order valence-electron chi connectivity index (χ4n) is 1.94. The van der Waals surface area contributed by atoms with E-state index in [-0.39, 0.29) is 5.54 Å². The summed E-state index contributed by atoms with van der Waals surface area (Å²) in [5.74, 6) is 1.00. The van der Waals surface area contributed by atoms with Crippen molar-refractivity contribution in [2.45, 2.75) is 58.9 Å². The van der Waals surface area contributed by atoms with Crippen molar-refractivity contribution in [2.75, 3.05) is 6.61 Å². The van der Waals surface area contributed by atoms with Gasteiger partial charge >= 0.3 is 0 Å². The molecule has 0 aromatic heterocycles. The zero-order valence-corrected chi connectivity index (χ0v) is 12.6. The molecule has 0 bridgehead atoms. The van der Waals surface area contributed by atoms with Crippen LogP contribution in [0, 0.1) is 20.4 Å². The van der Waals surface area contributed by atoms with Crippen LogP contribution in [0.25, 0.3) is 4.85 Å². The lowest BCUT2D eigenvalue weighted by Gasteiger charge is -2.12. The Morgan fingerprint density at radius 2 is 1.89 bits per heavy atom. The maximum atomic E-state index is 7.08. The predicted octanol–water partition coefficient (Wildman–Crippen LogP) is 4.94. The summed E-state index contributed by atoms with van der Waals surface area (Å²) in [6, 6.07) is 6.30. The first-order valence-electron chi connectivity index (χ1n) is 7.03. The number of aryl methyl sites for hydroxylation is 2. The Bertz CT molecular complexity index is 443. The van der Waals surface area contributed by atoms with Gasteiger partial charge in [-0.05, 0) is 50.3 Å². The van der Waals surface area contributed by atoms with E-state index in [1.165, 1.54) is 11.1 Å². The normalized spacial score (nSPS) is 11.1. The van der Waals surface area contributed by atoms with Crippen LogP contribution in [0.15, 0.2) is 18.2 Å². The highest BCUT2D eigenvalue weighted by Gasteiger charge is 2.21. The Balaban J connectivity index is 2.21. The van der Waals surface area contributed by atoms with Gasteiger partial charge in [-0.1, -0.05) is 12.1 Å². The summed E-state index contributed by atoms with van der Waals surface area (Å²) in [4.78, 5) is 3.63. The van der Waals surface area contributed by atoms with Crippen molar-refractivity contribution in [3.8, 4) is 5.75 Å². The molecular formula is C17H25NO. The number of benzene rings is 1. The molecule has 0 saturated carbocycles. The molecule has 1 aromatic carbocycles. The lowest BCUT2D eigenvalue weighted by Crippen LogP contribution is -2.13. The standard InChI is InChI=1S/C17H25NO/c1-14-9-10-15(2)16(13-14)19-12-8-6-7-11-17(3,4)18-5/h9-10,13H,6-8,11-12H2,1-4H3. The second-order valence-corrected chi connectivity index (χ2v) is 5.85. The molecule has 2 nitrogen and oxygen atoms in total. The first-order valence-corrected chi connectivity index (χ1v) is 7.03. The minimum Gasteiger partial charge on any atom is -0.493 e. The van der Waals surface area contributed by atoms with E-state index in [2.05, 4.69) is 36.9 Å². The van der Waals surface area contributed by atoms with E-state index in [0.29, 0.717) is 0 Å². The third-order valence-corrected chi connectivity index (χ3v) is 3.34. The quantitative estimate of drug-likeness (QED) is 0.499. The topological polar surface area (TPSA) is 13.6 Å². The van der Waals surface area contributed by atoms with Crippen LogP contribution in [0.4, 0.5) is 0 Å². The molecule has 1 aromatic rings. The van der Waals surface area contributed by atoms with Gasteiger partial charge in [0.15, 0.2) is 0 Å². The molecular weight excluding hydrogens is 234 g/mol. The summed E-state index contributed by atoms with van der Waals surface area (Å²) in [6.45, 7) is 16.0. The minimum absolute atomic E-state index is 0.200. The number of unbranched alkanes of at least 4 members (excludes halogenated alkanes) is 2.